The molecule has 0 spiro atoms. The quantitative estimate of drug-likeness (QED) is 0.739. The third kappa shape index (κ3) is 3.14. The Hall–Kier alpha value is -2.54. The molecule has 0 aromatic carbocycles. The zero-order chi connectivity index (χ0) is 16.2. The number of aromatic nitrogens is 3. The van der Waals surface area contributed by atoms with E-state index in [1.807, 2.05) is 18.2 Å². The number of hydrogen-bond donors (Lipinski definition) is 3. The van der Waals surface area contributed by atoms with Gasteiger partial charge in [0.2, 0.25) is 0 Å². The van der Waals surface area contributed by atoms with Crippen molar-refractivity contribution in [3.05, 3.63) is 30.0 Å². The maximum atomic E-state index is 7.75. The lowest BCUT2D eigenvalue weighted by Crippen LogP contribution is -2.40. The standard InChI is InChI=1S/C16H21N7/c1-19-14-12(10-17)16(23-8-5-11(18)6-9-23)22-15(21-14)13-4-2-3-7-20-13/h2-4,7,10-11,17H,5-6,8-9,18H2,1H3,(H,19,21,22). The molecule has 0 aliphatic carbocycles. The molecule has 1 aliphatic rings. The largest absolute Gasteiger partial charge is 0.372 e. The topological polar surface area (TPSA) is 104 Å². The Bertz CT molecular complexity index is 678. The first-order valence-electron chi connectivity index (χ1n) is 7.75. The Kier molecular flexibility index (Phi) is 4.47. The summed E-state index contributed by atoms with van der Waals surface area (Å²) in [6, 6.07) is 5.90. The molecule has 3 heterocycles. The van der Waals surface area contributed by atoms with Gasteiger partial charge in [-0.15, -0.1) is 0 Å². The highest BCUT2D eigenvalue weighted by Crippen LogP contribution is 2.28. The average molecular weight is 311 g/mol. The summed E-state index contributed by atoms with van der Waals surface area (Å²) in [5.41, 5.74) is 7.41. The van der Waals surface area contributed by atoms with E-state index in [1.165, 1.54) is 6.21 Å². The highest BCUT2D eigenvalue weighted by molar-refractivity contribution is 5.91. The number of hydrogen-bond acceptors (Lipinski definition) is 7. The summed E-state index contributed by atoms with van der Waals surface area (Å²) in [6.07, 6.45) is 4.88. The zero-order valence-electron chi connectivity index (χ0n) is 13.2. The third-order valence-electron chi connectivity index (χ3n) is 4.04. The molecular weight excluding hydrogens is 290 g/mol. The van der Waals surface area contributed by atoms with Crippen LogP contribution in [0.2, 0.25) is 0 Å². The second kappa shape index (κ2) is 6.70. The van der Waals surface area contributed by atoms with Crippen LogP contribution in [0.4, 0.5) is 11.6 Å². The Morgan fingerprint density at radius 2 is 2.09 bits per heavy atom. The fourth-order valence-corrected chi connectivity index (χ4v) is 2.74. The number of rotatable bonds is 4. The van der Waals surface area contributed by atoms with Gasteiger partial charge in [-0.25, -0.2) is 9.97 Å². The molecular formula is C16H21N7. The summed E-state index contributed by atoms with van der Waals surface area (Å²) in [7, 11) is 1.80. The first-order valence-corrected chi connectivity index (χ1v) is 7.75. The summed E-state index contributed by atoms with van der Waals surface area (Å²) >= 11 is 0. The zero-order valence-corrected chi connectivity index (χ0v) is 13.2. The predicted molar refractivity (Wildman–Crippen MR) is 92.1 cm³/mol. The van der Waals surface area contributed by atoms with Crippen LogP contribution in [0.5, 0.6) is 0 Å². The number of piperidine rings is 1. The molecule has 0 amide bonds. The van der Waals surface area contributed by atoms with Gasteiger partial charge < -0.3 is 21.4 Å². The lowest BCUT2D eigenvalue weighted by molar-refractivity contribution is 0.498. The lowest BCUT2D eigenvalue weighted by Gasteiger charge is -2.32. The van der Waals surface area contributed by atoms with E-state index in [-0.39, 0.29) is 6.04 Å². The molecule has 4 N–H and O–H groups in total. The minimum absolute atomic E-state index is 0.246. The van der Waals surface area contributed by atoms with Gasteiger partial charge in [-0.3, -0.25) is 4.98 Å². The van der Waals surface area contributed by atoms with Gasteiger partial charge in [0.05, 0.1) is 5.56 Å². The fraction of sp³-hybridized carbons (Fsp3) is 0.375. The van der Waals surface area contributed by atoms with Crippen molar-refractivity contribution in [2.75, 3.05) is 30.4 Å². The summed E-state index contributed by atoms with van der Waals surface area (Å²) in [4.78, 5) is 15.7. The van der Waals surface area contributed by atoms with Crippen molar-refractivity contribution in [2.24, 2.45) is 5.73 Å². The molecule has 0 atom stereocenters. The lowest BCUT2D eigenvalue weighted by atomic mass is 10.1. The highest BCUT2D eigenvalue weighted by Gasteiger charge is 2.22. The van der Waals surface area contributed by atoms with Gasteiger partial charge in [0.1, 0.15) is 17.3 Å². The van der Waals surface area contributed by atoms with E-state index in [9.17, 15) is 0 Å². The van der Waals surface area contributed by atoms with E-state index >= 15 is 0 Å². The smallest absolute Gasteiger partial charge is 0.182 e. The number of nitrogens with one attached hydrogen (secondary N) is 2. The van der Waals surface area contributed by atoms with Gasteiger partial charge in [-0.2, -0.15) is 0 Å². The van der Waals surface area contributed by atoms with Crippen LogP contribution >= 0.6 is 0 Å². The maximum absolute atomic E-state index is 7.75. The molecule has 1 saturated heterocycles. The fourth-order valence-electron chi connectivity index (χ4n) is 2.74. The molecule has 1 fully saturated rings. The molecule has 2 aromatic rings. The second-order valence-corrected chi connectivity index (χ2v) is 5.57. The molecule has 3 rings (SSSR count). The van der Waals surface area contributed by atoms with E-state index in [2.05, 4.69) is 20.2 Å². The van der Waals surface area contributed by atoms with E-state index in [0.717, 1.165) is 37.4 Å². The van der Waals surface area contributed by atoms with Crippen molar-refractivity contribution < 1.29 is 0 Å². The molecule has 0 unspecified atom stereocenters. The number of pyridine rings is 1. The summed E-state index contributed by atoms with van der Waals surface area (Å²) in [5, 5.41) is 10.8. The molecule has 7 heteroatoms. The first kappa shape index (κ1) is 15.4. The van der Waals surface area contributed by atoms with Gasteiger partial charge in [0.25, 0.3) is 0 Å². The third-order valence-corrected chi connectivity index (χ3v) is 4.04. The minimum Gasteiger partial charge on any atom is -0.372 e. The SMILES string of the molecule is CNc1nc(-c2ccccn2)nc(N2CCC(N)CC2)c1C=N. The van der Waals surface area contributed by atoms with E-state index in [0.29, 0.717) is 17.2 Å². The van der Waals surface area contributed by atoms with Gasteiger partial charge in [-0.05, 0) is 25.0 Å². The summed E-state index contributed by atoms with van der Waals surface area (Å²) in [6.45, 7) is 1.67. The molecule has 2 aromatic heterocycles. The van der Waals surface area contributed by atoms with Crippen LogP contribution in [0, 0.1) is 5.41 Å². The van der Waals surface area contributed by atoms with Crippen LogP contribution in [0.25, 0.3) is 11.5 Å². The second-order valence-electron chi connectivity index (χ2n) is 5.57. The molecule has 0 radical (unpaired) electrons. The Morgan fingerprint density at radius 3 is 2.70 bits per heavy atom. The van der Waals surface area contributed by atoms with Gasteiger partial charge >= 0.3 is 0 Å². The predicted octanol–water partition coefficient (Wildman–Crippen LogP) is 1.51. The molecule has 0 bridgehead atoms. The number of anilines is 2. The van der Waals surface area contributed by atoms with Gasteiger partial charge in [0, 0.05) is 38.6 Å². The van der Waals surface area contributed by atoms with Gasteiger partial charge in [-0.1, -0.05) is 6.07 Å². The van der Waals surface area contributed by atoms with Crippen LogP contribution < -0.4 is 16.0 Å². The first-order chi connectivity index (χ1) is 11.2. The van der Waals surface area contributed by atoms with Crippen molar-refractivity contribution >= 4 is 17.9 Å². The van der Waals surface area contributed by atoms with E-state index in [1.54, 1.807) is 13.2 Å². The van der Waals surface area contributed by atoms with Crippen LogP contribution in [-0.4, -0.2) is 47.3 Å². The van der Waals surface area contributed by atoms with Crippen molar-refractivity contribution in [2.45, 2.75) is 18.9 Å². The average Bonchev–Trinajstić information content (AvgIpc) is 2.62. The number of nitrogens with two attached hydrogens (primary N) is 1. The minimum atomic E-state index is 0.246. The van der Waals surface area contributed by atoms with Crippen LogP contribution in [-0.2, 0) is 0 Å². The van der Waals surface area contributed by atoms with E-state index in [4.69, 9.17) is 16.1 Å². The molecule has 1 aliphatic heterocycles. The highest BCUT2D eigenvalue weighted by atomic mass is 15.2. The Labute approximate surface area is 135 Å². The number of nitrogens with zero attached hydrogens (tertiary/aromatic N) is 4. The van der Waals surface area contributed by atoms with Crippen LogP contribution in [0.15, 0.2) is 24.4 Å². The maximum Gasteiger partial charge on any atom is 0.182 e. The Balaban J connectivity index is 2.07. The van der Waals surface area contributed by atoms with E-state index < -0.39 is 0 Å². The van der Waals surface area contributed by atoms with Crippen molar-refractivity contribution in [1.82, 2.24) is 15.0 Å². The Morgan fingerprint density at radius 1 is 1.30 bits per heavy atom. The van der Waals surface area contributed by atoms with Crippen LogP contribution in [0.3, 0.4) is 0 Å². The van der Waals surface area contributed by atoms with Crippen LogP contribution in [0.1, 0.15) is 18.4 Å². The molecule has 7 nitrogen and oxygen atoms in total. The molecule has 23 heavy (non-hydrogen) atoms. The van der Waals surface area contributed by atoms with Crippen molar-refractivity contribution in [3.63, 3.8) is 0 Å². The van der Waals surface area contributed by atoms with Crippen molar-refractivity contribution in [3.8, 4) is 11.5 Å². The molecule has 0 saturated carbocycles. The molecule has 120 valence electrons. The normalized spacial score (nSPS) is 15.5. The monoisotopic (exact) mass is 311 g/mol. The van der Waals surface area contributed by atoms with Gasteiger partial charge in [0.15, 0.2) is 5.82 Å². The summed E-state index contributed by atoms with van der Waals surface area (Å²) < 4.78 is 0. The van der Waals surface area contributed by atoms with Crippen molar-refractivity contribution in [1.29, 1.82) is 5.41 Å². The summed E-state index contributed by atoms with van der Waals surface area (Å²) in [5.74, 6) is 1.97.